The number of aryl methyl sites for hydroxylation is 2. The summed E-state index contributed by atoms with van der Waals surface area (Å²) in [6, 6.07) is 22.6. The van der Waals surface area contributed by atoms with E-state index in [0.717, 1.165) is 28.1 Å². The van der Waals surface area contributed by atoms with Crippen molar-refractivity contribution in [1.82, 2.24) is 5.32 Å². The third-order valence-electron chi connectivity index (χ3n) is 4.78. The molecular weight excluding hydrogens is 434 g/mol. The molecule has 1 heterocycles. The van der Waals surface area contributed by atoms with E-state index in [0.29, 0.717) is 15.8 Å². The second kappa shape index (κ2) is 10.2. The fourth-order valence-electron chi connectivity index (χ4n) is 3.05. The average Bonchev–Trinajstić information content (AvgIpc) is 3.14. The summed E-state index contributed by atoms with van der Waals surface area (Å²) >= 11 is 1.28. The second-order valence-corrected chi connectivity index (χ2v) is 8.62. The number of hydrogen-bond acceptors (Lipinski definition) is 5. The van der Waals surface area contributed by atoms with Crippen LogP contribution < -0.4 is 15.4 Å². The molecule has 3 aromatic rings. The Kier molecular flexibility index (Phi) is 6.90. The van der Waals surface area contributed by atoms with Gasteiger partial charge in [-0.3, -0.25) is 9.59 Å². The third-order valence-corrected chi connectivity index (χ3v) is 5.69. The van der Waals surface area contributed by atoms with Gasteiger partial charge in [-0.25, -0.2) is 4.99 Å². The molecule has 7 heteroatoms. The maximum atomic E-state index is 12.4. The molecule has 0 spiro atoms. The van der Waals surface area contributed by atoms with Crippen molar-refractivity contribution in [3.63, 3.8) is 0 Å². The van der Waals surface area contributed by atoms with E-state index in [1.54, 1.807) is 18.2 Å². The number of nitrogens with one attached hydrogen (secondary N) is 2. The standard InChI is InChI=1S/C26H23N3O3S/c1-17-6-10-20(11-7-17)27-24(30)16-32-22-5-3-4-19(14-22)15-23-25(31)29-26(33-23)28-21-12-8-18(2)9-13-21/h3-15H,16H2,1-2H3,(H,27,30)(H,28,29,31). The molecule has 2 amide bonds. The van der Waals surface area contributed by atoms with Crippen LogP contribution in [0.2, 0.25) is 0 Å². The molecular formula is C26H23N3O3S. The highest BCUT2D eigenvalue weighted by Gasteiger charge is 2.23. The molecule has 3 aromatic carbocycles. The predicted octanol–water partition coefficient (Wildman–Crippen LogP) is 5.21. The average molecular weight is 458 g/mol. The fourth-order valence-corrected chi connectivity index (χ4v) is 3.89. The summed E-state index contributed by atoms with van der Waals surface area (Å²) in [4.78, 5) is 29.5. The molecule has 2 N–H and O–H groups in total. The lowest BCUT2D eigenvalue weighted by Crippen LogP contribution is -2.20. The Balaban J connectivity index is 1.38. The number of carbonyl (C=O) groups excluding carboxylic acids is 2. The van der Waals surface area contributed by atoms with Gasteiger partial charge in [-0.15, -0.1) is 0 Å². The summed E-state index contributed by atoms with van der Waals surface area (Å²) in [7, 11) is 0. The molecule has 0 saturated carbocycles. The molecule has 6 nitrogen and oxygen atoms in total. The quantitative estimate of drug-likeness (QED) is 0.498. The number of benzene rings is 3. The lowest BCUT2D eigenvalue weighted by Gasteiger charge is -2.08. The highest BCUT2D eigenvalue weighted by Crippen LogP contribution is 2.29. The number of aliphatic imine (C=N–C) groups is 1. The van der Waals surface area contributed by atoms with Gasteiger partial charge in [-0.2, -0.15) is 0 Å². The number of amidine groups is 1. The third kappa shape index (κ3) is 6.33. The van der Waals surface area contributed by atoms with Gasteiger partial charge in [0.2, 0.25) is 0 Å². The number of ether oxygens (including phenoxy) is 1. The van der Waals surface area contributed by atoms with Crippen LogP contribution in [0.1, 0.15) is 16.7 Å². The normalized spacial score (nSPS) is 15.5. The minimum absolute atomic E-state index is 0.115. The van der Waals surface area contributed by atoms with Crippen molar-refractivity contribution in [2.24, 2.45) is 4.99 Å². The monoisotopic (exact) mass is 457 g/mol. The topological polar surface area (TPSA) is 79.8 Å². The lowest BCUT2D eigenvalue weighted by atomic mass is 10.2. The first-order valence-corrected chi connectivity index (χ1v) is 11.2. The zero-order valence-corrected chi connectivity index (χ0v) is 19.1. The SMILES string of the molecule is Cc1ccc(N=C2NC(=O)C(=Cc3cccc(OCC(=O)Nc4ccc(C)cc4)c3)S2)cc1. The van der Waals surface area contributed by atoms with Crippen molar-refractivity contribution in [2.75, 3.05) is 11.9 Å². The minimum Gasteiger partial charge on any atom is -0.484 e. The summed E-state index contributed by atoms with van der Waals surface area (Å²) in [5.74, 6) is 0.0975. The largest absolute Gasteiger partial charge is 0.484 e. The highest BCUT2D eigenvalue weighted by molar-refractivity contribution is 8.18. The van der Waals surface area contributed by atoms with E-state index in [4.69, 9.17) is 4.74 Å². The maximum absolute atomic E-state index is 12.4. The second-order valence-electron chi connectivity index (χ2n) is 7.59. The van der Waals surface area contributed by atoms with Crippen LogP contribution >= 0.6 is 11.8 Å². The lowest BCUT2D eigenvalue weighted by molar-refractivity contribution is -0.118. The highest BCUT2D eigenvalue weighted by atomic mass is 32.2. The zero-order chi connectivity index (χ0) is 23.2. The van der Waals surface area contributed by atoms with Gasteiger partial charge in [0.15, 0.2) is 11.8 Å². The molecule has 33 heavy (non-hydrogen) atoms. The fraction of sp³-hybridized carbons (Fsp3) is 0.115. The van der Waals surface area contributed by atoms with Gasteiger partial charge >= 0.3 is 0 Å². The van der Waals surface area contributed by atoms with E-state index in [1.807, 2.05) is 74.5 Å². The molecule has 1 aliphatic rings. The Morgan fingerprint density at radius 2 is 1.73 bits per heavy atom. The van der Waals surface area contributed by atoms with Crippen molar-refractivity contribution < 1.29 is 14.3 Å². The number of thioether (sulfide) groups is 1. The van der Waals surface area contributed by atoms with Gasteiger partial charge in [0.25, 0.3) is 11.8 Å². The van der Waals surface area contributed by atoms with E-state index in [-0.39, 0.29) is 18.4 Å². The van der Waals surface area contributed by atoms with Gasteiger partial charge in [-0.05, 0) is 73.6 Å². The Morgan fingerprint density at radius 1 is 1.03 bits per heavy atom. The van der Waals surface area contributed by atoms with Crippen molar-refractivity contribution in [3.05, 3.63) is 94.4 Å². The smallest absolute Gasteiger partial charge is 0.264 e. The van der Waals surface area contributed by atoms with Crippen LogP contribution in [0.15, 0.2) is 82.7 Å². The zero-order valence-electron chi connectivity index (χ0n) is 18.3. The molecule has 1 saturated heterocycles. The van der Waals surface area contributed by atoms with Crippen LogP contribution in [0.4, 0.5) is 11.4 Å². The van der Waals surface area contributed by atoms with Crippen molar-refractivity contribution in [1.29, 1.82) is 0 Å². The predicted molar refractivity (Wildman–Crippen MR) is 134 cm³/mol. The van der Waals surface area contributed by atoms with E-state index in [1.165, 1.54) is 11.8 Å². The number of carbonyl (C=O) groups is 2. The van der Waals surface area contributed by atoms with Crippen LogP contribution in [-0.2, 0) is 9.59 Å². The van der Waals surface area contributed by atoms with Crippen LogP contribution in [0.25, 0.3) is 6.08 Å². The summed E-state index contributed by atoms with van der Waals surface area (Å²) in [5, 5.41) is 6.13. The Morgan fingerprint density at radius 3 is 2.45 bits per heavy atom. The van der Waals surface area contributed by atoms with E-state index in [9.17, 15) is 9.59 Å². The number of anilines is 1. The van der Waals surface area contributed by atoms with Crippen LogP contribution in [0, 0.1) is 13.8 Å². The Hall–Kier alpha value is -3.84. The number of nitrogens with zero attached hydrogens (tertiary/aromatic N) is 1. The van der Waals surface area contributed by atoms with Gasteiger partial charge in [0.05, 0.1) is 10.6 Å². The van der Waals surface area contributed by atoms with E-state index in [2.05, 4.69) is 15.6 Å². The van der Waals surface area contributed by atoms with Gasteiger partial charge in [0.1, 0.15) is 5.75 Å². The van der Waals surface area contributed by atoms with Crippen LogP contribution in [-0.4, -0.2) is 23.6 Å². The molecule has 0 unspecified atom stereocenters. The first kappa shape index (κ1) is 22.4. The molecule has 0 aliphatic carbocycles. The summed E-state index contributed by atoms with van der Waals surface area (Å²) in [6.07, 6.45) is 1.77. The van der Waals surface area contributed by atoms with E-state index >= 15 is 0 Å². The molecule has 1 fully saturated rings. The van der Waals surface area contributed by atoms with Crippen LogP contribution in [0.5, 0.6) is 5.75 Å². The summed E-state index contributed by atoms with van der Waals surface area (Å²) in [6.45, 7) is 3.89. The maximum Gasteiger partial charge on any atom is 0.264 e. The number of amides is 2. The van der Waals surface area contributed by atoms with Gasteiger partial charge in [0, 0.05) is 5.69 Å². The number of hydrogen-bond donors (Lipinski definition) is 2. The first-order valence-electron chi connectivity index (χ1n) is 10.4. The van der Waals surface area contributed by atoms with E-state index < -0.39 is 0 Å². The van der Waals surface area contributed by atoms with Gasteiger partial charge < -0.3 is 15.4 Å². The molecule has 1 aliphatic heterocycles. The number of rotatable bonds is 6. The van der Waals surface area contributed by atoms with Gasteiger partial charge in [-0.1, -0.05) is 47.5 Å². The molecule has 0 aromatic heterocycles. The Labute approximate surface area is 196 Å². The van der Waals surface area contributed by atoms with Crippen molar-refractivity contribution in [3.8, 4) is 5.75 Å². The molecule has 4 rings (SSSR count). The first-order chi connectivity index (χ1) is 15.9. The Bertz CT molecular complexity index is 1230. The van der Waals surface area contributed by atoms with Crippen molar-refractivity contribution in [2.45, 2.75) is 13.8 Å². The summed E-state index contributed by atoms with van der Waals surface area (Å²) < 4.78 is 5.63. The minimum atomic E-state index is -0.245. The molecule has 0 atom stereocenters. The molecule has 0 radical (unpaired) electrons. The van der Waals surface area contributed by atoms with Crippen molar-refractivity contribution >= 4 is 46.2 Å². The molecule has 166 valence electrons. The van der Waals surface area contributed by atoms with Crippen LogP contribution in [0.3, 0.4) is 0 Å². The molecule has 0 bridgehead atoms. The summed E-state index contributed by atoms with van der Waals surface area (Å²) in [5.41, 5.74) is 4.57.